The van der Waals surface area contributed by atoms with Crippen LogP contribution >= 0.6 is 0 Å². The Morgan fingerprint density at radius 3 is 2.33 bits per heavy atom. The number of ketones is 2. The Hall–Kier alpha value is -1.97. The molecule has 0 radical (unpaired) electrons. The zero-order chi connectivity index (χ0) is 15.9. The van der Waals surface area contributed by atoms with E-state index in [-0.39, 0.29) is 23.9 Å². The molecule has 0 N–H and O–H groups in total. The predicted octanol–water partition coefficient (Wildman–Crippen LogP) is 2.41. The van der Waals surface area contributed by atoms with Crippen LogP contribution in [0.5, 0.6) is 0 Å². The first-order chi connectivity index (χ1) is 9.68. The second-order valence-electron chi connectivity index (χ2n) is 6.19. The van der Waals surface area contributed by atoms with Gasteiger partial charge in [-0.3, -0.25) is 14.4 Å². The van der Waals surface area contributed by atoms with E-state index in [0.717, 1.165) is 16.8 Å². The number of aryl methyl sites for hydroxylation is 1. The molecule has 112 valence electrons. The Labute approximate surface area is 125 Å². The van der Waals surface area contributed by atoms with Gasteiger partial charge in [0, 0.05) is 12.7 Å². The van der Waals surface area contributed by atoms with E-state index in [1.165, 1.54) is 13.8 Å². The molecule has 1 amide bonds. The Morgan fingerprint density at radius 1 is 1.24 bits per heavy atom. The third-order valence-corrected chi connectivity index (χ3v) is 4.48. The fraction of sp³-hybridized carbons (Fsp3) is 0.471. The van der Waals surface area contributed by atoms with Gasteiger partial charge < -0.3 is 4.90 Å². The molecular formula is C17H21NO3. The molecule has 1 aliphatic heterocycles. The first-order valence-electron chi connectivity index (χ1n) is 7.08. The van der Waals surface area contributed by atoms with Gasteiger partial charge in [-0.1, -0.05) is 17.7 Å². The highest BCUT2D eigenvalue weighted by Gasteiger charge is 2.48. The SMILES string of the molecule is CC(=O)C(C[C@]1(C)C(=O)N(C)c2ccc(C)cc21)C(C)=O. The van der Waals surface area contributed by atoms with Crippen molar-refractivity contribution in [2.45, 2.75) is 39.5 Å². The van der Waals surface area contributed by atoms with Crippen LogP contribution in [0, 0.1) is 12.8 Å². The van der Waals surface area contributed by atoms with Crippen LogP contribution in [0.4, 0.5) is 5.69 Å². The minimum Gasteiger partial charge on any atom is -0.314 e. The van der Waals surface area contributed by atoms with Crippen molar-refractivity contribution in [2.75, 3.05) is 11.9 Å². The van der Waals surface area contributed by atoms with E-state index in [0.29, 0.717) is 0 Å². The fourth-order valence-corrected chi connectivity index (χ4v) is 3.16. The first-order valence-corrected chi connectivity index (χ1v) is 7.08. The summed E-state index contributed by atoms with van der Waals surface area (Å²) in [6.07, 6.45) is 0.233. The van der Waals surface area contributed by atoms with Crippen molar-refractivity contribution in [3.63, 3.8) is 0 Å². The van der Waals surface area contributed by atoms with Crippen LogP contribution in [0.3, 0.4) is 0 Å². The van der Waals surface area contributed by atoms with Crippen molar-refractivity contribution in [1.82, 2.24) is 0 Å². The maximum Gasteiger partial charge on any atom is 0.237 e. The number of nitrogens with zero attached hydrogens (tertiary/aromatic N) is 1. The van der Waals surface area contributed by atoms with Gasteiger partial charge in [0.15, 0.2) is 0 Å². The summed E-state index contributed by atoms with van der Waals surface area (Å²) in [5.74, 6) is -1.14. The molecule has 1 aromatic carbocycles. The number of rotatable bonds is 4. The van der Waals surface area contributed by atoms with Gasteiger partial charge in [0.25, 0.3) is 0 Å². The van der Waals surface area contributed by atoms with Crippen LogP contribution in [-0.4, -0.2) is 24.5 Å². The summed E-state index contributed by atoms with van der Waals surface area (Å²) in [4.78, 5) is 37.8. The number of benzene rings is 1. The van der Waals surface area contributed by atoms with Crippen molar-refractivity contribution in [1.29, 1.82) is 0 Å². The number of likely N-dealkylation sites (N-methyl/N-ethyl adjacent to an activating group) is 1. The number of carbonyl (C=O) groups is 3. The topological polar surface area (TPSA) is 54.5 Å². The molecule has 4 nitrogen and oxygen atoms in total. The third-order valence-electron chi connectivity index (χ3n) is 4.48. The maximum atomic E-state index is 12.7. The number of Topliss-reactive ketones (excluding diaryl/α,β-unsaturated/α-hetero) is 2. The Kier molecular flexibility index (Phi) is 3.74. The molecule has 1 heterocycles. The van der Waals surface area contributed by atoms with Gasteiger partial charge in [0.1, 0.15) is 11.6 Å². The summed E-state index contributed by atoms with van der Waals surface area (Å²) in [5, 5.41) is 0. The summed E-state index contributed by atoms with van der Waals surface area (Å²) in [6.45, 7) is 6.62. The van der Waals surface area contributed by atoms with Gasteiger partial charge in [-0.15, -0.1) is 0 Å². The highest BCUT2D eigenvalue weighted by atomic mass is 16.2. The molecule has 0 unspecified atom stereocenters. The standard InChI is InChI=1S/C17H21NO3/c1-10-6-7-15-14(8-10)17(4,16(21)18(15)5)9-13(11(2)19)12(3)20/h6-8,13H,9H2,1-5H3/t17-/m0/s1. The fourth-order valence-electron chi connectivity index (χ4n) is 3.16. The van der Waals surface area contributed by atoms with E-state index in [1.807, 2.05) is 32.0 Å². The average molecular weight is 287 g/mol. The molecule has 2 rings (SSSR count). The zero-order valence-electron chi connectivity index (χ0n) is 13.2. The summed E-state index contributed by atoms with van der Waals surface area (Å²) in [6, 6.07) is 5.86. The smallest absolute Gasteiger partial charge is 0.237 e. The van der Waals surface area contributed by atoms with E-state index < -0.39 is 11.3 Å². The van der Waals surface area contributed by atoms with Gasteiger partial charge in [-0.25, -0.2) is 0 Å². The highest BCUT2D eigenvalue weighted by Crippen LogP contribution is 2.45. The molecule has 1 aliphatic rings. The molecule has 0 aliphatic carbocycles. The predicted molar refractivity (Wildman–Crippen MR) is 81.4 cm³/mol. The highest BCUT2D eigenvalue weighted by molar-refractivity contribution is 6.09. The number of hydrogen-bond donors (Lipinski definition) is 0. The molecule has 21 heavy (non-hydrogen) atoms. The third kappa shape index (κ3) is 2.39. The van der Waals surface area contributed by atoms with Crippen molar-refractivity contribution in [2.24, 2.45) is 5.92 Å². The van der Waals surface area contributed by atoms with Gasteiger partial charge in [-0.2, -0.15) is 0 Å². The van der Waals surface area contributed by atoms with Crippen molar-refractivity contribution < 1.29 is 14.4 Å². The maximum absolute atomic E-state index is 12.7. The monoisotopic (exact) mass is 287 g/mol. The van der Waals surface area contributed by atoms with Gasteiger partial charge in [0.05, 0.1) is 11.3 Å². The van der Waals surface area contributed by atoms with Crippen LogP contribution < -0.4 is 4.90 Å². The molecule has 1 aromatic rings. The normalized spacial score (nSPS) is 20.9. The lowest BCUT2D eigenvalue weighted by Crippen LogP contribution is -2.40. The van der Waals surface area contributed by atoms with Crippen LogP contribution in [0.15, 0.2) is 18.2 Å². The van der Waals surface area contributed by atoms with Gasteiger partial charge in [0.2, 0.25) is 5.91 Å². The second-order valence-corrected chi connectivity index (χ2v) is 6.19. The summed E-state index contributed by atoms with van der Waals surface area (Å²) in [5.41, 5.74) is 2.00. The Morgan fingerprint density at radius 2 is 1.81 bits per heavy atom. The van der Waals surface area contributed by atoms with Gasteiger partial charge in [-0.05, 0) is 45.7 Å². The van der Waals surface area contributed by atoms with Crippen LogP contribution in [0.25, 0.3) is 0 Å². The minimum atomic E-state index is -0.821. The number of carbonyl (C=O) groups excluding carboxylic acids is 3. The minimum absolute atomic E-state index is 0.0596. The molecule has 0 fully saturated rings. The molecule has 0 bridgehead atoms. The van der Waals surface area contributed by atoms with E-state index in [4.69, 9.17) is 0 Å². The molecule has 4 heteroatoms. The summed E-state index contributed by atoms with van der Waals surface area (Å²) < 4.78 is 0. The second kappa shape index (κ2) is 5.10. The molecule has 1 atom stereocenters. The zero-order valence-corrected chi connectivity index (χ0v) is 13.2. The number of fused-ring (bicyclic) bond motifs is 1. The lowest BCUT2D eigenvalue weighted by molar-refractivity contribution is -0.132. The first kappa shape index (κ1) is 15.4. The van der Waals surface area contributed by atoms with Crippen LogP contribution in [0.1, 0.15) is 38.3 Å². The molecule has 0 saturated carbocycles. The van der Waals surface area contributed by atoms with Gasteiger partial charge >= 0.3 is 0 Å². The van der Waals surface area contributed by atoms with E-state index in [1.54, 1.807) is 11.9 Å². The van der Waals surface area contributed by atoms with Crippen molar-refractivity contribution >= 4 is 23.2 Å². The van der Waals surface area contributed by atoms with Crippen molar-refractivity contribution in [3.05, 3.63) is 29.3 Å². The molecular weight excluding hydrogens is 266 g/mol. The van der Waals surface area contributed by atoms with E-state index >= 15 is 0 Å². The largest absolute Gasteiger partial charge is 0.314 e. The lowest BCUT2D eigenvalue weighted by Gasteiger charge is -2.26. The number of amides is 1. The van der Waals surface area contributed by atoms with Crippen LogP contribution in [-0.2, 0) is 19.8 Å². The van der Waals surface area contributed by atoms with E-state index in [2.05, 4.69) is 0 Å². The quantitative estimate of drug-likeness (QED) is 0.799. The van der Waals surface area contributed by atoms with E-state index in [9.17, 15) is 14.4 Å². The lowest BCUT2D eigenvalue weighted by atomic mass is 9.74. The van der Waals surface area contributed by atoms with Crippen molar-refractivity contribution in [3.8, 4) is 0 Å². The molecule has 0 saturated heterocycles. The Balaban J connectivity index is 2.52. The summed E-state index contributed by atoms with van der Waals surface area (Å²) in [7, 11) is 1.73. The number of hydrogen-bond acceptors (Lipinski definition) is 3. The number of anilines is 1. The molecule has 0 aromatic heterocycles. The summed E-state index contributed by atoms with van der Waals surface area (Å²) >= 11 is 0. The van der Waals surface area contributed by atoms with Crippen LogP contribution in [0.2, 0.25) is 0 Å². The Bertz CT molecular complexity index is 621. The molecule has 0 spiro atoms. The average Bonchev–Trinajstić information content (AvgIpc) is 2.58.